The molecule has 0 atom stereocenters. The van der Waals surface area contributed by atoms with Gasteiger partial charge in [0.2, 0.25) is 0 Å². The van der Waals surface area contributed by atoms with Crippen LogP contribution in [-0.4, -0.2) is 0 Å². The topological polar surface area (TPSA) is 58.6 Å². The maximum absolute atomic E-state index is 12.1. The molecule has 0 radical (unpaired) electrons. The van der Waals surface area contributed by atoms with Crippen LogP contribution < -0.4 is 43.5 Å². The van der Waals surface area contributed by atoms with Gasteiger partial charge >= 0.3 is 37.4 Å². The van der Waals surface area contributed by atoms with Gasteiger partial charge in [0, 0.05) is 0 Å². The molecular weight excluding hydrogens is 310 g/mol. The largest absolute Gasteiger partial charge is 1.00 e. The number of aryl methyl sites for hydroxylation is 2. The Hall–Kier alpha value is -0.770. The summed E-state index contributed by atoms with van der Waals surface area (Å²) in [4.78, 5) is 12.1. The molecule has 2 aromatic rings. The third kappa shape index (κ3) is 4.61. The molecule has 0 unspecified atom stereocenters. The second kappa shape index (κ2) is 7.67. The van der Waals surface area contributed by atoms with E-state index in [1.807, 2.05) is 39.8 Å². The number of hydrogen-bond acceptors (Lipinski definition) is 4. The predicted molar refractivity (Wildman–Crippen MR) is 80.7 cm³/mol. The Morgan fingerprint density at radius 1 is 0.818 bits per heavy atom. The van der Waals surface area contributed by atoms with Gasteiger partial charge in [-0.15, -0.1) is 0 Å². The van der Waals surface area contributed by atoms with Gasteiger partial charge < -0.3 is 13.9 Å². The summed E-state index contributed by atoms with van der Waals surface area (Å²) < 4.78 is 22.3. The van der Waals surface area contributed by atoms with E-state index >= 15 is 0 Å². The first-order valence-corrected chi connectivity index (χ1v) is 8.09. The molecule has 0 amide bonds. The SMILES string of the molecule is Cc1cccc(OP(=O)([O-])Oc2cccc(C)c2C)c1C.[Na+]. The first-order chi connectivity index (χ1) is 9.80. The van der Waals surface area contributed by atoms with Crippen LogP contribution in [0.3, 0.4) is 0 Å². The molecule has 0 saturated heterocycles. The summed E-state index contributed by atoms with van der Waals surface area (Å²) in [5.41, 5.74) is 3.47. The van der Waals surface area contributed by atoms with Gasteiger partial charge in [0.1, 0.15) is 11.5 Å². The molecule has 6 heteroatoms. The monoisotopic (exact) mass is 328 g/mol. The molecule has 0 spiro atoms. The van der Waals surface area contributed by atoms with Crippen molar-refractivity contribution in [3.05, 3.63) is 58.7 Å². The van der Waals surface area contributed by atoms with E-state index in [0.717, 1.165) is 22.3 Å². The number of phosphoric acid groups is 1. The zero-order valence-corrected chi connectivity index (χ0v) is 16.4. The van der Waals surface area contributed by atoms with E-state index in [4.69, 9.17) is 9.05 Å². The van der Waals surface area contributed by atoms with Gasteiger partial charge in [-0.3, -0.25) is 0 Å². The van der Waals surface area contributed by atoms with Crippen molar-refractivity contribution in [2.45, 2.75) is 27.7 Å². The van der Waals surface area contributed by atoms with E-state index in [1.165, 1.54) is 0 Å². The van der Waals surface area contributed by atoms with Crippen molar-refractivity contribution in [2.24, 2.45) is 0 Å². The predicted octanol–water partition coefficient (Wildman–Crippen LogP) is 0.850. The fourth-order valence-electron chi connectivity index (χ4n) is 1.91. The van der Waals surface area contributed by atoms with E-state index in [1.54, 1.807) is 24.3 Å². The van der Waals surface area contributed by atoms with Crippen molar-refractivity contribution in [1.29, 1.82) is 0 Å². The molecule has 22 heavy (non-hydrogen) atoms. The quantitative estimate of drug-likeness (QED) is 0.617. The Kier molecular flexibility index (Phi) is 6.72. The Bertz CT molecular complexity index is 658. The second-order valence-corrected chi connectivity index (χ2v) is 6.29. The number of benzene rings is 2. The van der Waals surface area contributed by atoms with Crippen molar-refractivity contribution in [3.63, 3.8) is 0 Å². The van der Waals surface area contributed by atoms with Crippen LogP contribution in [0.15, 0.2) is 36.4 Å². The van der Waals surface area contributed by atoms with E-state index in [9.17, 15) is 9.46 Å². The fraction of sp³-hybridized carbons (Fsp3) is 0.250. The van der Waals surface area contributed by atoms with Crippen LogP contribution in [0.5, 0.6) is 11.5 Å². The zero-order valence-electron chi connectivity index (χ0n) is 13.5. The molecule has 0 N–H and O–H groups in total. The molecular formula is C16H18NaO4P. The van der Waals surface area contributed by atoms with E-state index in [0.29, 0.717) is 11.5 Å². The summed E-state index contributed by atoms with van der Waals surface area (Å²) in [6.45, 7) is 7.40. The second-order valence-electron chi connectivity index (χ2n) is 5.03. The van der Waals surface area contributed by atoms with Crippen LogP contribution in [0, 0.1) is 27.7 Å². The third-order valence-corrected chi connectivity index (χ3v) is 4.37. The first kappa shape index (κ1) is 19.3. The molecule has 0 bridgehead atoms. The molecule has 0 aliphatic carbocycles. The van der Waals surface area contributed by atoms with Crippen LogP contribution >= 0.6 is 7.82 Å². The molecule has 0 aliphatic rings. The summed E-state index contributed by atoms with van der Waals surface area (Å²) in [6.07, 6.45) is 0. The molecule has 0 saturated carbocycles. The molecule has 0 heterocycles. The van der Waals surface area contributed by atoms with Crippen molar-refractivity contribution >= 4 is 7.82 Å². The van der Waals surface area contributed by atoms with Crippen molar-refractivity contribution in [2.75, 3.05) is 0 Å². The Balaban J connectivity index is 0.00000242. The minimum absolute atomic E-state index is 0. The number of hydrogen-bond donors (Lipinski definition) is 0. The maximum Gasteiger partial charge on any atom is 1.00 e. The standard InChI is InChI=1S/C16H19O4P.Na/c1-11-7-5-9-15(13(11)3)19-21(17,18)20-16-10-6-8-12(2)14(16)4;/h5-10H,1-4H3,(H,17,18);/q;+1/p-1. The molecule has 2 rings (SSSR count). The van der Waals surface area contributed by atoms with Crippen LogP contribution in [0.4, 0.5) is 0 Å². The number of rotatable bonds is 4. The molecule has 112 valence electrons. The fourth-order valence-corrected chi connectivity index (χ4v) is 2.82. The summed E-state index contributed by atoms with van der Waals surface area (Å²) in [7, 11) is -4.48. The zero-order chi connectivity index (χ0) is 15.6. The van der Waals surface area contributed by atoms with Gasteiger partial charge in [-0.2, -0.15) is 0 Å². The molecule has 4 nitrogen and oxygen atoms in total. The number of phosphoric ester groups is 1. The van der Waals surface area contributed by atoms with Gasteiger partial charge in [0.05, 0.1) is 0 Å². The maximum atomic E-state index is 12.1. The van der Waals surface area contributed by atoms with E-state index < -0.39 is 7.82 Å². The average Bonchev–Trinajstić information content (AvgIpc) is 2.40. The van der Waals surface area contributed by atoms with Gasteiger partial charge in [0.15, 0.2) is 0 Å². The summed E-state index contributed by atoms with van der Waals surface area (Å²) >= 11 is 0. The summed E-state index contributed by atoms with van der Waals surface area (Å²) in [5, 5.41) is 0. The van der Waals surface area contributed by atoms with Crippen LogP contribution in [0.1, 0.15) is 22.3 Å². The Morgan fingerprint density at radius 3 is 1.55 bits per heavy atom. The van der Waals surface area contributed by atoms with E-state index in [2.05, 4.69) is 0 Å². The Morgan fingerprint density at radius 2 is 1.18 bits per heavy atom. The van der Waals surface area contributed by atoms with Crippen LogP contribution in [0.25, 0.3) is 0 Å². The van der Waals surface area contributed by atoms with Crippen LogP contribution in [-0.2, 0) is 4.57 Å². The smallest absolute Gasteiger partial charge is 0.736 e. The summed E-state index contributed by atoms with van der Waals surface area (Å²) in [6, 6.07) is 10.5. The molecule has 0 fully saturated rings. The van der Waals surface area contributed by atoms with Crippen molar-refractivity contribution < 1.29 is 48.1 Å². The normalized spacial score (nSPS) is 10.8. The van der Waals surface area contributed by atoms with Gasteiger partial charge in [-0.25, -0.2) is 4.57 Å². The third-order valence-electron chi connectivity index (χ3n) is 3.53. The molecule has 2 aromatic carbocycles. The molecule has 0 aromatic heterocycles. The van der Waals surface area contributed by atoms with Crippen molar-refractivity contribution in [1.82, 2.24) is 0 Å². The van der Waals surface area contributed by atoms with Crippen molar-refractivity contribution in [3.8, 4) is 11.5 Å². The van der Waals surface area contributed by atoms with Gasteiger partial charge in [0.25, 0.3) is 0 Å². The van der Waals surface area contributed by atoms with Gasteiger partial charge in [-0.1, -0.05) is 24.3 Å². The minimum Gasteiger partial charge on any atom is -0.736 e. The average molecular weight is 328 g/mol. The molecule has 0 aliphatic heterocycles. The van der Waals surface area contributed by atoms with Gasteiger partial charge in [-0.05, 0) is 62.1 Å². The Labute approximate surface area is 153 Å². The van der Waals surface area contributed by atoms with Crippen LogP contribution in [0.2, 0.25) is 0 Å². The minimum atomic E-state index is -4.48. The summed E-state index contributed by atoms with van der Waals surface area (Å²) in [5.74, 6) is 0.581. The van der Waals surface area contributed by atoms with E-state index in [-0.39, 0.29) is 29.6 Å². The first-order valence-electron chi connectivity index (χ1n) is 6.63.